The molecule has 0 bridgehead atoms. The summed E-state index contributed by atoms with van der Waals surface area (Å²) in [5, 5.41) is 8.82. The van der Waals surface area contributed by atoms with Crippen LogP contribution in [0, 0.1) is 0 Å². The van der Waals surface area contributed by atoms with E-state index in [1.165, 1.54) is 4.31 Å². The molecule has 0 radical (unpaired) electrons. The van der Waals surface area contributed by atoms with Crippen LogP contribution in [-0.4, -0.2) is 37.4 Å². The van der Waals surface area contributed by atoms with Crippen LogP contribution in [0.15, 0.2) is 0 Å². The van der Waals surface area contributed by atoms with Gasteiger partial charge in [0, 0.05) is 12.6 Å². The molecule has 11 heavy (non-hydrogen) atoms. The highest BCUT2D eigenvalue weighted by molar-refractivity contribution is 7.76. The molecule has 0 aromatic heterocycles. The van der Waals surface area contributed by atoms with Gasteiger partial charge in [0.1, 0.15) is 0 Å². The van der Waals surface area contributed by atoms with Gasteiger partial charge in [-0.15, -0.1) is 0 Å². The van der Waals surface area contributed by atoms with Crippen LogP contribution in [-0.2, 0) is 11.3 Å². The molecule has 4 nitrogen and oxygen atoms in total. The standard InChI is InChI=1S/C6H13NO3S/c8-5-6-3-1-2-4-7(6)11(9)10/h6,8H,1-5H2,(H,9,10). The van der Waals surface area contributed by atoms with Gasteiger partial charge in [0.25, 0.3) is 0 Å². The molecule has 0 saturated carbocycles. The fourth-order valence-corrected chi connectivity index (χ4v) is 2.07. The van der Waals surface area contributed by atoms with Gasteiger partial charge < -0.3 is 5.11 Å². The minimum Gasteiger partial charge on any atom is -0.395 e. The monoisotopic (exact) mass is 179 g/mol. The van der Waals surface area contributed by atoms with Gasteiger partial charge in [-0.05, 0) is 12.8 Å². The first-order valence-corrected chi connectivity index (χ1v) is 4.80. The van der Waals surface area contributed by atoms with Gasteiger partial charge in [0.15, 0.2) is 0 Å². The summed E-state index contributed by atoms with van der Waals surface area (Å²) in [5.74, 6) is 0. The molecule has 1 heterocycles. The van der Waals surface area contributed by atoms with Crippen LogP contribution in [0.25, 0.3) is 0 Å². The Balaban J connectivity index is 2.51. The molecular weight excluding hydrogens is 166 g/mol. The highest BCUT2D eigenvalue weighted by atomic mass is 32.2. The molecule has 1 saturated heterocycles. The summed E-state index contributed by atoms with van der Waals surface area (Å²) >= 11 is -1.91. The third-order valence-electron chi connectivity index (χ3n) is 1.98. The number of rotatable bonds is 2. The number of piperidine rings is 1. The smallest absolute Gasteiger partial charge is 0.234 e. The van der Waals surface area contributed by atoms with E-state index in [9.17, 15) is 4.21 Å². The second-order valence-corrected chi connectivity index (χ2v) is 3.63. The van der Waals surface area contributed by atoms with E-state index in [0.29, 0.717) is 6.54 Å². The zero-order valence-corrected chi connectivity index (χ0v) is 7.09. The lowest BCUT2D eigenvalue weighted by Crippen LogP contribution is -2.42. The van der Waals surface area contributed by atoms with Crippen LogP contribution >= 0.6 is 0 Å². The zero-order chi connectivity index (χ0) is 8.27. The Morgan fingerprint density at radius 2 is 2.27 bits per heavy atom. The molecule has 0 spiro atoms. The summed E-state index contributed by atoms with van der Waals surface area (Å²) in [5.41, 5.74) is 0. The molecule has 1 fully saturated rings. The van der Waals surface area contributed by atoms with E-state index in [-0.39, 0.29) is 12.6 Å². The number of aliphatic hydroxyl groups is 1. The van der Waals surface area contributed by atoms with Gasteiger partial charge in [0.2, 0.25) is 11.3 Å². The Hall–Kier alpha value is 0.0300. The van der Waals surface area contributed by atoms with E-state index < -0.39 is 11.3 Å². The summed E-state index contributed by atoms with van der Waals surface area (Å²) in [6, 6.07) is -0.116. The fourth-order valence-electron chi connectivity index (χ4n) is 1.36. The lowest BCUT2D eigenvalue weighted by molar-refractivity contribution is 0.153. The first kappa shape index (κ1) is 9.12. The highest BCUT2D eigenvalue weighted by Crippen LogP contribution is 2.17. The van der Waals surface area contributed by atoms with Crippen molar-refractivity contribution in [1.29, 1.82) is 0 Å². The summed E-state index contributed by atoms with van der Waals surface area (Å²) in [6.07, 6.45) is 2.81. The lowest BCUT2D eigenvalue weighted by atomic mass is 10.1. The third-order valence-corrected chi connectivity index (χ3v) is 2.87. The third kappa shape index (κ3) is 2.23. The van der Waals surface area contributed by atoms with Crippen LogP contribution in [0.1, 0.15) is 19.3 Å². The average molecular weight is 179 g/mol. The second-order valence-electron chi connectivity index (χ2n) is 2.70. The lowest BCUT2D eigenvalue weighted by Gasteiger charge is -2.30. The van der Waals surface area contributed by atoms with Crippen LogP contribution < -0.4 is 0 Å². The van der Waals surface area contributed by atoms with Crippen LogP contribution in [0.2, 0.25) is 0 Å². The van der Waals surface area contributed by atoms with Crippen LogP contribution in [0.3, 0.4) is 0 Å². The van der Waals surface area contributed by atoms with Crippen molar-refractivity contribution in [3.05, 3.63) is 0 Å². The van der Waals surface area contributed by atoms with Gasteiger partial charge in [-0.25, -0.2) is 4.21 Å². The Morgan fingerprint density at radius 1 is 1.55 bits per heavy atom. The molecule has 5 heteroatoms. The van der Waals surface area contributed by atoms with E-state index >= 15 is 0 Å². The highest BCUT2D eigenvalue weighted by Gasteiger charge is 2.25. The molecule has 66 valence electrons. The summed E-state index contributed by atoms with van der Waals surface area (Å²) in [7, 11) is 0. The molecule has 2 atom stereocenters. The van der Waals surface area contributed by atoms with Crippen molar-refractivity contribution in [3.63, 3.8) is 0 Å². The molecule has 0 amide bonds. The Bertz CT molecular complexity index is 153. The Kier molecular flexibility index (Phi) is 3.45. The average Bonchev–Trinajstić information content (AvgIpc) is 2.04. The fraction of sp³-hybridized carbons (Fsp3) is 1.00. The second kappa shape index (κ2) is 4.15. The van der Waals surface area contributed by atoms with Crippen molar-refractivity contribution in [2.45, 2.75) is 25.3 Å². The van der Waals surface area contributed by atoms with Gasteiger partial charge >= 0.3 is 0 Å². The molecular formula is C6H13NO3S. The largest absolute Gasteiger partial charge is 0.395 e. The van der Waals surface area contributed by atoms with E-state index in [1.54, 1.807) is 0 Å². The zero-order valence-electron chi connectivity index (χ0n) is 6.27. The van der Waals surface area contributed by atoms with Crippen molar-refractivity contribution in [1.82, 2.24) is 4.31 Å². The van der Waals surface area contributed by atoms with Crippen molar-refractivity contribution in [3.8, 4) is 0 Å². The van der Waals surface area contributed by atoms with Crippen molar-refractivity contribution < 1.29 is 13.9 Å². The Labute approximate surface area is 68.6 Å². The van der Waals surface area contributed by atoms with E-state index in [2.05, 4.69) is 0 Å². The number of nitrogens with zero attached hydrogens (tertiary/aromatic N) is 1. The predicted octanol–water partition coefficient (Wildman–Crippen LogP) is -0.0301. The van der Waals surface area contributed by atoms with Crippen molar-refractivity contribution >= 4 is 11.3 Å². The van der Waals surface area contributed by atoms with Crippen molar-refractivity contribution in [2.75, 3.05) is 13.2 Å². The van der Waals surface area contributed by atoms with E-state index in [1.807, 2.05) is 0 Å². The first-order valence-electron chi connectivity index (χ1n) is 3.74. The topological polar surface area (TPSA) is 60.8 Å². The molecule has 2 unspecified atom stereocenters. The van der Waals surface area contributed by atoms with Crippen molar-refractivity contribution in [2.24, 2.45) is 0 Å². The predicted molar refractivity (Wildman–Crippen MR) is 42.2 cm³/mol. The number of aliphatic hydroxyl groups excluding tert-OH is 1. The summed E-state index contributed by atoms with van der Waals surface area (Å²) < 4.78 is 20.8. The molecule has 1 aliphatic heterocycles. The normalized spacial score (nSPS) is 30.2. The maximum absolute atomic E-state index is 10.6. The molecule has 1 aliphatic rings. The van der Waals surface area contributed by atoms with Gasteiger partial charge in [-0.3, -0.25) is 4.55 Å². The van der Waals surface area contributed by atoms with E-state index in [4.69, 9.17) is 9.66 Å². The maximum atomic E-state index is 10.6. The van der Waals surface area contributed by atoms with Gasteiger partial charge in [-0.2, -0.15) is 4.31 Å². The van der Waals surface area contributed by atoms with Crippen LogP contribution in [0.5, 0.6) is 0 Å². The van der Waals surface area contributed by atoms with Crippen LogP contribution in [0.4, 0.5) is 0 Å². The Morgan fingerprint density at radius 3 is 2.73 bits per heavy atom. The molecule has 0 aromatic carbocycles. The molecule has 1 rings (SSSR count). The van der Waals surface area contributed by atoms with Gasteiger partial charge in [0.05, 0.1) is 6.61 Å². The minimum absolute atomic E-state index is 0.0215. The molecule has 0 aliphatic carbocycles. The molecule has 2 N–H and O–H groups in total. The van der Waals surface area contributed by atoms with E-state index in [0.717, 1.165) is 19.3 Å². The SMILES string of the molecule is O=S(O)N1CCCCC1CO. The quantitative estimate of drug-likeness (QED) is 0.585. The summed E-state index contributed by atoms with van der Waals surface area (Å²) in [4.78, 5) is 0. The first-order chi connectivity index (χ1) is 5.25. The number of hydrogen-bond acceptors (Lipinski definition) is 2. The summed E-state index contributed by atoms with van der Waals surface area (Å²) in [6.45, 7) is 0.598. The molecule has 0 aromatic rings. The van der Waals surface area contributed by atoms with Gasteiger partial charge in [-0.1, -0.05) is 6.42 Å². The maximum Gasteiger partial charge on any atom is 0.234 e. The number of hydrogen-bond donors (Lipinski definition) is 2. The minimum atomic E-state index is -1.91.